The lowest BCUT2D eigenvalue weighted by Crippen LogP contribution is -2.36. The monoisotopic (exact) mass is 392 g/mol. The Bertz CT molecular complexity index is 817. The number of halogens is 1. The molecule has 0 aliphatic carbocycles. The third-order valence-electron chi connectivity index (χ3n) is 3.84. The predicted molar refractivity (Wildman–Crippen MR) is 99.4 cm³/mol. The maximum Gasteiger partial charge on any atom is 0.410 e. The lowest BCUT2D eigenvalue weighted by atomic mass is 10.2. The molecule has 0 aromatic carbocycles. The second-order valence-corrected chi connectivity index (χ2v) is 7.26. The van der Waals surface area contributed by atoms with E-state index in [1.807, 2.05) is 0 Å². The molecule has 8 nitrogen and oxygen atoms in total. The molecule has 2 aromatic heterocycles. The summed E-state index contributed by atoms with van der Waals surface area (Å²) in [6, 6.07) is 4.93. The van der Waals surface area contributed by atoms with E-state index >= 15 is 0 Å². The molecule has 1 atom stereocenters. The Labute approximate surface area is 163 Å². The molecular weight excluding hydrogens is 367 g/mol. The Morgan fingerprint density at radius 1 is 1.29 bits per heavy atom. The molecule has 0 fully saturated rings. The summed E-state index contributed by atoms with van der Waals surface area (Å²) in [6.07, 6.45) is 2.31. The number of amides is 1. The number of rotatable bonds is 6. The van der Waals surface area contributed by atoms with Crippen LogP contribution in [0.25, 0.3) is 0 Å². The zero-order valence-corrected chi connectivity index (χ0v) is 16.7. The van der Waals surface area contributed by atoms with E-state index < -0.39 is 29.7 Å². The van der Waals surface area contributed by atoms with Gasteiger partial charge in [-0.3, -0.25) is 4.98 Å². The van der Waals surface area contributed by atoms with Crippen molar-refractivity contribution in [2.24, 2.45) is 0 Å². The SMILES string of the molecule is C[C@H](c1ccccn1)n1cnc(F)c1C(=O)OCCN(C)C(=O)OC(C)(C)C. The van der Waals surface area contributed by atoms with Gasteiger partial charge < -0.3 is 18.9 Å². The van der Waals surface area contributed by atoms with Crippen LogP contribution in [0.3, 0.4) is 0 Å². The number of esters is 1. The molecule has 0 saturated carbocycles. The highest BCUT2D eigenvalue weighted by Crippen LogP contribution is 2.20. The molecule has 0 radical (unpaired) electrons. The number of carbonyl (C=O) groups is 2. The molecule has 0 N–H and O–H groups in total. The third-order valence-corrected chi connectivity index (χ3v) is 3.84. The maximum absolute atomic E-state index is 14.1. The Hall–Kier alpha value is -2.97. The predicted octanol–water partition coefficient (Wildman–Crippen LogP) is 3.05. The largest absolute Gasteiger partial charge is 0.459 e. The molecule has 0 unspecified atom stereocenters. The van der Waals surface area contributed by atoms with Crippen molar-refractivity contribution in [1.82, 2.24) is 19.4 Å². The van der Waals surface area contributed by atoms with Crippen molar-refractivity contribution in [2.75, 3.05) is 20.2 Å². The van der Waals surface area contributed by atoms with Crippen molar-refractivity contribution >= 4 is 12.1 Å². The fourth-order valence-electron chi connectivity index (χ4n) is 2.36. The van der Waals surface area contributed by atoms with Gasteiger partial charge in [-0.25, -0.2) is 14.6 Å². The number of imidazole rings is 1. The van der Waals surface area contributed by atoms with Gasteiger partial charge in [0.15, 0.2) is 5.69 Å². The van der Waals surface area contributed by atoms with Crippen molar-refractivity contribution in [2.45, 2.75) is 39.3 Å². The third kappa shape index (κ3) is 5.51. The smallest absolute Gasteiger partial charge is 0.410 e. The summed E-state index contributed by atoms with van der Waals surface area (Å²) >= 11 is 0. The average molecular weight is 392 g/mol. The zero-order chi connectivity index (χ0) is 20.9. The molecule has 2 heterocycles. The molecule has 0 aliphatic rings. The van der Waals surface area contributed by atoms with E-state index in [0.717, 1.165) is 0 Å². The highest BCUT2D eigenvalue weighted by Gasteiger charge is 2.25. The summed E-state index contributed by atoms with van der Waals surface area (Å²) in [7, 11) is 1.52. The van der Waals surface area contributed by atoms with Crippen molar-refractivity contribution in [1.29, 1.82) is 0 Å². The van der Waals surface area contributed by atoms with E-state index in [4.69, 9.17) is 9.47 Å². The Balaban J connectivity index is 2.00. The number of carbonyl (C=O) groups excluding carboxylic acids is 2. The zero-order valence-electron chi connectivity index (χ0n) is 16.7. The first-order valence-electron chi connectivity index (χ1n) is 8.84. The van der Waals surface area contributed by atoms with Crippen LogP contribution < -0.4 is 0 Å². The lowest BCUT2D eigenvalue weighted by molar-refractivity contribution is 0.0212. The summed E-state index contributed by atoms with van der Waals surface area (Å²) < 4.78 is 25.8. The van der Waals surface area contributed by atoms with E-state index in [1.165, 1.54) is 22.8 Å². The van der Waals surface area contributed by atoms with Gasteiger partial charge in [0.1, 0.15) is 12.2 Å². The highest BCUT2D eigenvalue weighted by molar-refractivity contribution is 5.87. The van der Waals surface area contributed by atoms with Gasteiger partial charge in [-0.2, -0.15) is 4.39 Å². The van der Waals surface area contributed by atoms with Gasteiger partial charge >= 0.3 is 12.1 Å². The van der Waals surface area contributed by atoms with Crippen LogP contribution in [0.5, 0.6) is 0 Å². The van der Waals surface area contributed by atoms with Gasteiger partial charge in [0.05, 0.1) is 24.6 Å². The molecule has 2 rings (SSSR count). The second kappa shape index (κ2) is 8.81. The first kappa shape index (κ1) is 21.3. The molecule has 28 heavy (non-hydrogen) atoms. The number of ether oxygens (including phenoxy) is 2. The van der Waals surface area contributed by atoms with Crippen LogP contribution in [0.2, 0.25) is 0 Å². The maximum atomic E-state index is 14.1. The molecule has 2 aromatic rings. The van der Waals surface area contributed by atoms with Crippen molar-refractivity contribution in [3.05, 3.63) is 48.1 Å². The van der Waals surface area contributed by atoms with E-state index in [1.54, 1.807) is 52.1 Å². The normalized spacial score (nSPS) is 12.4. The van der Waals surface area contributed by atoms with Crippen molar-refractivity contribution < 1.29 is 23.5 Å². The van der Waals surface area contributed by atoms with Crippen LogP contribution in [-0.4, -0.2) is 57.3 Å². The Kier molecular flexibility index (Phi) is 6.71. The van der Waals surface area contributed by atoms with E-state index in [2.05, 4.69) is 9.97 Å². The summed E-state index contributed by atoms with van der Waals surface area (Å²) in [6.45, 7) is 7.03. The number of hydrogen-bond donors (Lipinski definition) is 0. The summed E-state index contributed by atoms with van der Waals surface area (Å²) in [5.74, 6) is -1.79. The van der Waals surface area contributed by atoms with Crippen LogP contribution in [0.4, 0.5) is 9.18 Å². The minimum atomic E-state index is -0.923. The first-order valence-corrected chi connectivity index (χ1v) is 8.84. The molecule has 1 amide bonds. The Morgan fingerprint density at radius 3 is 2.61 bits per heavy atom. The minimum absolute atomic E-state index is 0.103. The molecule has 0 spiro atoms. The van der Waals surface area contributed by atoms with Gasteiger partial charge in [-0.15, -0.1) is 0 Å². The minimum Gasteiger partial charge on any atom is -0.459 e. The topological polar surface area (TPSA) is 86.6 Å². The van der Waals surface area contributed by atoms with Crippen molar-refractivity contribution in [3.63, 3.8) is 0 Å². The number of pyridine rings is 1. The van der Waals surface area contributed by atoms with Gasteiger partial charge in [0, 0.05) is 13.2 Å². The summed E-state index contributed by atoms with van der Waals surface area (Å²) in [4.78, 5) is 33.4. The van der Waals surface area contributed by atoms with Gasteiger partial charge in [0.2, 0.25) is 5.95 Å². The molecule has 0 saturated heterocycles. The summed E-state index contributed by atoms with van der Waals surface area (Å²) in [5.41, 5.74) is -0.268. The van der Waals surface area contributed by atoms with Crippen LogP contribution >= 0.6 is 0 Å². The average Bonchev–Trinajstić information content (AvgIpc) is 3.01. The number of aromatic nitrogens is 3. The second-order valence-electron chi connectivity index (χ2n) is 7.26. The van der Waals surface area contributed by atoms with Crippen LogP contribution in [0.15, 0.2) is 30.7 Å². The Morgan fingerprint density at radius 2 is 2.00 bits per heavy atom. The van der Waals surface area contributed by atoms with Gasteiger partial charge in [-0.1, -0.05) is 6.07 Å². The highest BCUT2D eigenvalue weighted by atomic mass is 19.1. The van der Waals surface area contributed by atoms with Crippen molar-refractivity contribution in [3.8, 4) is 0 Å². The van der Waals surface area contributed by atoms with E-state index in [9.17, 15) is 14.0 Å². The quantitative estimate of drug-likeness (QED) is 0.703. The van der Waals surface area contributed by atoms with Gasteiger partial charge in [0.25, 0.3) is 0 Å². The first-order chi connectivity index (χ1) is 13.1. The molecular formula is C19H25FN4O4. The molecule has 152 valence electrons. The van der Waals surface area contributed by atoms with Crippen LogP contribution in [0, 0.1) is 5.95 Å². The van der Waals surface area contributed by atoms with E-state index in [0.29, 0.717) is 5.69 Å². The number of nitrogens with zero attached hydrogens (tertiary/aromatic N) is 4. The molecule has 9 heteroatoms. The molecule has 0 aliphatic heterocycles. The summed E-state index contributed by atoms with van der Waals surface area (Å²) in [5, 5.41) is 0. The number of hydrogen-bond acceptors (Lipinski definition) is 6. The fraction of sp³-hybridized carbons (Fsp3) is 0.474. The van der Waals surface area contributed by atoms with Crippen LogP contribution in [0.1, 0.15) is 49.9 Å². The lowest BCUT2D eigenvalue weighted by Gasteiger charge is -2.24. The van der Waals surface area contributed by atoms with E-state index in [-0.39, 0.29) is 18.8 Å². The fourth-order valence-corrected chi connectivity index (χ4v) is 2.36. The number of likely N-dealkylation sites (N-methyl/N-ethyl adjacent to an activating group) is 1. The van der Waals surface area contributed by atoms with Gasteiger partial charge in [-0.05, 0) is 39.8 Å². The van der Waals surface area contributed by atoms with Crippen LogP contribution in [-0.2, 0) is 9.47 Å². The standard InChI is InChI=1S/C19H25FN4O4/c1-13(14-8-6-7-9-21-14)24-12-22-16(20)15(24)17(25)27-11-10-23(5)18(26)28-19(2,3)4/h6-9,12-13H,10-11H2,1-5H3/t13-/m1/s1. The molecule has 0 bridgehead atoms.